The van der Waals surface area contributed by atoms with E-state index in [1.165, 1.54) is 16.2 Å². The Morgan fingerprint density at radius 3 is 2.03 bits per heavy atom. The summed E-state index contributed by atoms with van der Waals surface area (Å²) < 4.78 is 1.36. The van der Waals surface area contributed by atoms with Gasteiger partial charge in [-0.15, -0.1) is 0 Å². The lowest BCUT2D eigenvalue weighted by molar-refractivity contribution is -0.116. The SMILES string of the molecule is Cc1ccc(=O)n(CC(=O)Nc2ccc(C(=O)Nc3ccc(C(C)(C)C)cc3)cc2)c1. The Morgan fingerprint density at radius 1 is 0.839 bits per heavy atom. The molecular weight excluding hydrogens is 390 g/mol. The fourth-order valence-electron chi connectivity index (χ4n) is 3.09. The summed E-state index contributed by atoms with van der Waals surface area (Å²) >= 11 is 0. The molecule has 0 unspecified atom stereocenters. The molecule has 3 aromatic rings. The fourth-order valence-corrected chi connectivity index (χ4v) is 3.09. The molecule has 2 N–H and O–H groups in total. The van der Waals surface area contributed by atoms with Gasteiger partial charge in [-0.2, -0.15) is 0 Å². The third-order valence-corrected chi connectivity index (χ3v) is 4.88. The summed E-state index contributed by atoms with van der Waals surface area (Å²) in [7, 11) is 0. The maximum Gasteiger partial charge on any atom is 0.255 e. The Hall–Kier alpha value is -3.67. The first-order valence-corrected chi connectivity index (χ1v) is 10.1. The van der Waals surface area contributed by atoms with Crippen molar-refractivity contribution in [3.63, 3.8) is 0 Å². The number of carbonyl (C=O) groups excluding carboxylic acids is 2. The molecule has 31 heavy (non-hydrogen) atoms. The molecule has 6 nitrogen and oxygen atoms in total. The molecular formula is C25H27N3O3. The van der Waals surface area contributed by atoms with E-state index in [4.69, 9.17) is 0 Å². The largest absolute Gasteiger partial charge is 0.325 e. The van der Waals surface area contributed by atoms with Gasteiger partial charge in [-0.3, -0.25) is 14.4 Å². The molecule has 0 aliphatic rings. The van der Waals surface area contributed by atoms with Gasteiger partial charge in [0.25, 0.3) is 11.5 Å². The first-order chi connectivity index (χ1) is 14.6. The van der Waals surface area contributed by atoms with Crippen molar-refractivity contribution >= 4 is 23.2 Å². The zero-order valence-electron chi connectivity index (χ0n) is 18.2. The van der Waals surface area contributed by atoms with E-state index in [9.17, 15) is 14.4 Å². The molecule has 0 spiro atoms. The lowest BCUT2D eigenvalue weighted by atomic mass is 9.87. The van der Waals surface area contributed by atoms with E-state index in [0.29, 0.717) is 11.3 Å². The first kappa shape index (κ1) is 22.0. The van der Waals surface area contributed by atoms with Crippen LogP contribution >= 0.6 is 0 Å². The highest BCUT2D eigenvalue weighted by Gasteiger charge is 2.13. The summed E-state index contributed by atoms with van der Waals surface area (Å²) in [6, 6.07) is 17.6. The van der Waals surface area contributed by atoms with Crippen LogP contribution in [0, 0.1) is 6.92 Å². The number of nitrogens with one attached hydrogen (secondary N) is 2. The number of anilines is 2. The number of nitrogens with zero attached hydrogens (tertiary/aromatic N) is 1. The van der Waals surface area contributed by atoms with E-state index in [2.05, 4.69) is 31.4 Å². The summed E-state index contributed by atoms with van der Waals surface area (Å²) in [6.45, 7) is 8.20. The summed E-state index contributed by atoms with van der Waals surface area (Å²) in [5, 5.41) is 5.62. The molecule has 1 heterocycles. The molecule has 0 atom stereocenters. The number of pyridine rings is 1. The number of hydrogen-bond acceptors (Lipinski definition) is 3. The number of benzene rings is 2. The second-order valence-corrected chi connectivity index (χ2v) is 8.58. The van der Waals surface area contributed by atoms with E-state index in [1.807, 2.05) is 31.2 Å². The van der Waals surface area contributed by atoms with Gasteiger partial charge in [-0.05, 0) is 59.9 Å². The lowest BCUT2D eigenvalue weighted by Crippen LogP contribution is -2.26. The Labute approximate surface area is 181 Å². The van der Waals surface area contributed by atoms with Gasteiger partial charge in [0.1, 0.15) is 6.54 Å². The van der Waals surface area contributed by atoms with Gasteiger partial charge in [0.2, 0.25) is 5.91 Å². The van der Waals surface area contributed by atoms with E-state index >= 15 is 0 Å². The maximum absolute atomic E-state index is 12.5. The van der Waals surface area contributed by atoms with Gasteiger partial charge >= 0.3 is 0 Å². The average Bonchev–Trinajstić information content (AvgIpc) is 2.71. The van der Waals surface area contributed by atoms with Gasteiger partial charge in [0.15, 0.2) is 0 Å². The number of aromatic nitrogens is 1. The summed E-state index contributed by atoms with van der Waals surface area (Å²) in [5.41, 5.74) is 3.66. The smallest absolute Gasteiger partial charge is 0.255 e. The van der Waals surface area contributed by atoms with Crippen LogP contribution in [0.3, 0.4) is 0 Å². The van der Waals surface area contributed by atoms with Crippen LogP contribution in [0.25, 0.3) is 0 Å². The molecule has 0 saturated heterocycles. The van der Waals surface area contributed by atoms with Crippen molar-refractivity contribution in [3.8, 4) is 0 Å². The maximum atomic E-state index is 12.5. The van der Waals surface area contributed by atoms with Gasteiger partial charge in [0.05, 0.1) is 0 Å². The lowest BCUT2D eigenvalue weighted by Gasteiger charge is -2.19. The number of amides is 2. The zero-order chi connectivity index (χ0) is 22.6. The quantitative estimate of drug-likeness (QED) is 0.648. The Kier molecular flexibility index (Phi) is 6.39. The topological polar surface area (TPSA) is 80.2 Å². The minimum Gasteiger partial charge on any atom is -0.325 e. The van der Waals surface area contributed by atoms with Crippen LogP contribution in [0.5, 0.6) is 0 Å². The second kappa shape index (κ2) is 9.00. The molecule has 160 valence electrons. The molecule has 6 heteroatoms. The van der Waals surface area contributed by atoms with Crippen molar-refractivity contribution < 1.29 is 9.59 Å². The van der Waals surface area contributed by atoms with Crippen molar-refractivity contribution in [1.82, 2.24) is 4.57 Å². The number of aryl methyl sites for hydroxylation is 1. The monoisotopic (exact) mass is 417 g/mol. The van der Waals surface area contributed by atoms with Crippen molar-refractivity contribution in [2.24, 2.45) is 0 Å². The van der Waals surface area contributed by atoms with E-state index in [0.717, 1.165) is 11.3 Å². The van der Waals surface area contributed by atoms with E-state index in [1.54, 1.807) is 36.5 Å². The first-order valence-electron chi connectivity index (χ1n) is 10.1. The van der Waals surface area contributed by atoms with Gasteiger partial charge in [-0.1, -0.05) is 39.0 Å². The van der Waals surface area contributed by atoms with Crippen molar-refractivity contribution in [3.05, 3.63) is 93.9 Å². The van der Waals surface area contributed by atoms with Crippen LogP contribution in [0.15, 0.2) is 71.7 Å². The van der Waals surface area contributed by atoms with Crippen molar-refractivity contribution in [1.29, 1.82) is 0 Å². The summed E-state index contributed by atoms with van der Waals surface area (Å²) in [4.78, 5) is 36.6. The second-order valence-electron chi connectivity index (χ2n) is 8.58. The summed E-state index contributed by atoms with van der Waals surface area (Å²) in [5.74, 6) is -0.545. The van der Waals surface area contributed by atoms with E-state index < -0.39 is 0 Å². The van der Waals surface area contributed by atoms with Crippen LogP contribution in [-0.4, -0.2) is 16.4 Å². The van der Waals surface area contributed by atoms with Gasteiger partial charge in [-0.25, -0.2) is 0 Å². The fraction of sp³-hybridized carbons (Fsp3) is 0.240. The Bertz CT molecular complexity index is 1140. The Morgan fingerprint density at radius 2 is 1.42 bits per heavy atom. The molecule has 0 aliphatic heterocycles. The molecule has 0 radical (unpaired) electrons. The number of rotatable bonds is 5. The number of carbonyl (C=O) groups is 2. The van der Waals surface area contributed by atoms with Crippen LogP contribution in [0.1, 0.15) is 42.3 Å². The highest BCUT2D eigenvalue weighted by molar-refractivity contribution is 6.04. The Balaban J connectivity index is 1.60. The zero-order valence-corrected chi connectivity index (χ0v) is 18.2. The highest BCUT2D eigenvalue weighted by Crippen LogP contribution is 2.23. The molecule has 0 fully saturated rings. The molecule has 3 rings (SSSR count). The van der Waals surface area contributed by atoms with E-state index in [-0.39, 0.29) is 29.3 Å². The summed E-state index contributed by atoms with van der Waals surface area (Å²) in [6.07, 6.45) is 1.64. The van der Waals surface area contributed by atoms with Crippen LogP contribution in [0.2, 0.25) is 0 Å². The highest BCUT2D eigenvalue weighted by atomic mass is 16.2. The van der Waals surface area contributed by atoms with Crippen LogP contribution in [0.4, 0.5) is 11.4 Å². The molecule has 0 aliphatic carbocycles. The van der Waals surface area contributed by atoms with Gasteiger partial charge < -0.3 is 15.2 Å². The van der Waals surface area contributed by atoms with Crippen molar-refractivity contribution in [2.45, 2.75) is 39.7 Å². The predicted octanol–water partition coefficient (Wildman–Crippen LogP) is 4.35. The standard InChI is InChI=1S/C25H27N3O3/c1-17-5-14-23(30)28(15-17)16-22(29)26-20-10-6-18(7-11-20)24(31)27-21-12-8-19(9-13-21)25(2,3)4/h5-15H,16H2,1-4H3,(H,26,29)(H,27,31). The molecule has 0 saturated carbocycles. The van der Waals surface area contributed by atoms with Crippen LogP contribution in [-0.2, 0) is 16.8 Å². The van der Waals surface area contributed by atoms with Crippen molar-refractivity contribution in [2.75, 3.05) is 10.6 Å². The minimum absolute atomic E-state index is 0.0515. The molecule has 1 aromatic heterocycles. The third kappa shape index (κ3) is 5.92. The molecule has 2 amide bonds. The molecule has 0 bridgehead atoms. The third-order valence-electron chi connectivity index (χ3n) is 4.88. The molecule has 2 aromatic carbocycles. The minimum atomic E-state index is -0.316. The van der Waals surface area contributed by atoms with Gasteiger partial charge in [0, 0.05) is 29.2 Å². The number of hydrogen-bond donors (Lipinski definition) is 2. The van der Waals surface area contributed by atoms with Crippen LogP contribution < -0.4 is 16.2 Å². The average molecular weight is 418 g/mol. The predicted molar refractivity (Wildman–Crippen MR) is 124 cm³/mol. The normalized spacial score (nSPS) is 11.1.